The fourth-order valence-electron chi connectivity index (χ4n) is 0.833. The topological polar surface area (TPSA) is 49.9 Å². The van der Waals surface area contributed by atoms with Gasteiger partial charge in [0.2, 0.25) is 0 Å². The van der Waals surface area contributed by atoms with Gasteiger partial charge in [-0.05, 0) is 13.0 Å². The highest BCUT2D eigenvalue weighted by molar-refractivity contribution is 5.79. The van der Waals surface area contributed by atoms with Crippen LogP contribution in [-0.4, -0.2) is 11.2 Å². The molecule has 0 atom stereocenters. The Labute approximate surface area is 79.0 Å². The van der Waals surface area contributed by atoms with E-state index >= 15 is 0 Å². The summed E-state index contributed by atoms with van der Waals surface area (Å²) in [5, 5.41) is 6.99. The highest BCUT2D eigenvalue weighted by Crippen LogP contribution is 2.09. The number of allylic oxidation sites excluding steroid dienone is 1. The molecule has 72 valence electrons. The summed E-state index contributed by atoms with van der Waals surface area (Å²) < 4.78 is 5.20. The van der Waals surface area contributed by atoms with Crippen molar-refractivity contribution < 1.29 is 4.42 Å². The molecule has 0 aliphatic carbocycles. The van der Waals surface area contributed by atoms with Gasteiger partial charge in [0, 0.05) is 13.1 Å². The molecular weight excluding hydrogens is 164 g/mol. The second kappa shape index (κ2) is 6.17. The molecule has 1 N–H and O–H groups in total. The Morgan fingerprint density at radius 2 is 2.00 bits per heavy atom. The SMILES string of the molecule is C/C=C\c1oc(C)nc1C=N.CC. The quantitative estimate of drug-likeness (QED) is 0.711. The number of hydrogen-bond donors (Lipinski definition) is 1. The number of nitrogens with one attached hydrogen (secondary N) is 1. The van der Waals surface area contributed by atoms with E-state index in [4.69, 9.17) is 9.83 Å². The number of rotatable bonds is 2. The summed E-state index contributed by atoms with van der Waals surface area (Å²) in [6.45, 7) is 7.66. The molecule has 13 heavy (non-hydrogen) atoms. The zero-order valence-corrected chi connectivity index (χ0v) is 8.59. The van der Waals surface area contributed by atoms with Crippen molar-refractivity contribution in [3.8, 4) is 0 Å². The summed E-state index contributed by atoms with van der Waals surface area (Å²) in [4.78, 5) is 3.99. The highest BCUT2D eigenvalue weighted by Gasteiger charge is 2.03. The van der Waals surface area contributed by atoms with Gasteiger partial charge in [-0.3, -0.25) is 0 Å². The van der Waals surface area contributed by atoms with Crippen molar-refractivity contribution in [1.82, 2.24) is 4.98 Å². The van der Waals surface area contributed by atoms with Crippen molar-refractivity contribution in [3.05, 3.63) is 23.4 Å². The van der Waals surface area contributed by atoms with Crippen LogP contribution in [0.2, 0.25) is 0 Å². The van der Waals surface area contributed by atoms with Crippen LogP contribution in [0.3, 0.4) is 0 Å². The first kappa shape index (κ1) is 11.6. The van der Waals surface area contributed by atoms with Gasteiger partial charge in [-0.1, -0.05) is 19.9 Å². The smallest absolute Gasteiger partial charge is 0.192 e. The predicted molar refractivity (Wildman–Crippen MR) is 55.2 cm³/mol. The minimum Gasteiger partial charge on any atom is -0.441 e. The zero-order chi connectivity index (χ0) is 10.3. The summed E-state index contributed by atoms with van der Waals surface area (Å²) in [5.41, 5.74) is 0.584. The van der Waals surface area contributed by atoms with Gasteiger partial charge in [0.05, 0.1) is 0 Å². The van der Waals surface area contributed by atoms with Gasteiger partial charge < -0.3 is 9.83 Å². The molecule has 0 amide bonds. The Morgan fingerprint density at radius 3 is 2.46 bits per heavy atom. The fraction of sp³-hybridized carbons (Fsp3) is 0.400. The van der Waals surface area contributed by atoms with Gasteiger partial charge >= 0.3 is 0 Å². The molecule has 0 unspecified atom stereocenters. The first-order valence-electron chi connectivity index (χ1n) is 4.38. The lowest BCUT2D eigenvalue weighted by Crippen LogP contribution is -1.81. The molecule has 0 bridgehead atoms. The maximum absolute atomic E-state index is 6.99. The molecule has 0 aliphatic rings. The second-order valence-corrected chi connectivity index (χ2v) is 2.13. The molecule has 0 aliphatic heterocycles. The van der Waals surface area contributed by atoms with Crippen LogP contribution >= 0.6 is 0 Å². The van der Waals surface area contributed by atoms with E-state index in [-0.39, 0.29) is 0 Å². The van der Waals surface area contributed by atoms with Crippen LogP contribution in [0.1, 0.15) is 38.1 Å². The van der Waals surface area contributed by atoms with Crippen LogP contribution in [0.5, 0.6) is 0 Å². The maximum Gasteiger partial charge on any atom is 0.192 e. The van der Waals surface area contributed by atoms with Crippen molar-refractivity contribution in [1.29, 1.82) is 5.41 Å². The standard InChI is InChI=1S/C8H10N2O.C2H6/c1-3-4-8-7(5-9)10-6(2)11-8;1-2/h3-5,9H,1-2H3;1-2H3/b4-3-,9-5?;. The lowest BCUT2D eigenvalue weighted by molar-refractivity contribution is 0.513. The maximum atomic E-state index is 6.99. The van der Waals surface area contributed by atoms with E-state index in [9.17, 15) is 0 Å². The number of oxazole rings is 1. The molecule has 0 radical (unpaired) electrons. The van der Waals surface area contributed by atoms with Crippen molar-refractivity contribution in [2.45, 2.75) is 27.7 Å². The first-order chi connectivity index (χ1) is 6.27. The van der Waals surface area contributed by atoms with Crippen molar-refractivity contribution >= 4 is 12.3 Å². The summed E-state index contributed by atoms with van der Waals surface area (Å²) in [7, 11) is 0. The van der Waals surface area contributed by atoms with Crippen molar-refractivity contribution in [3.63, 3.8) is 0 Å². The Bertz CT molecular complexity index is 287. The van der Waals surface area contributed by atoms with Crippen molar-refractivity contribution in [2.75, 3.05) is 0 Å². The van der Waals surface area contributed by atoms with Gasteiger partial charge in [-0.25, -0.2) is 4.98 Å². The molecule has 0 saturated heterocycles. The first-order valence-corrected chi connectivity index (χ1v) is 4.38. The van der Waals surface area contributed by atoms with Crippen LogP contribution in [-0.2, 0) is 0 Å². The number of hydrogen-bond acceptors (Lipinski definition) is 3. The molecule has 1 aromatic heterocycles. The lowest BCUT2D eigenvalue weighted by Gasteiger charge is -1.82. The van der Waals surface area contributed by atoms with Crippen LogP contribution in [0.25, 0.3) is 6.08 Å². The molecule has 0 spiro atoms. The molecular formula is C10H16N2O. The number of aromatic nitrogens is 1. The predicted octanol–water partition coefficient (Wildman–Crippen LogP) is 3.04. The van der Waals surface area contributed by atoms with Gasteiger partial charge in [0.15, 0.2) is 11.7 Å². The van der Waals surface area contributed by atoms with Gasteiger partial charge in [0.25, 0.3) is 0 Å². The number of nitrogens with zero attached hydrogens (tertiary/aromatic N) is 1. The Balaban J connectivity index is 0.000000671. The third-order valence-corrected chi connectivity index (χ3v) is 1.24. The lowest BCUT2D eigenvalue weighted by atomic mass is 10.3. The largest absolute Gasteiger partial charge is 0.441 e. The normalized spacial score (nSPS) is 9.54. The zero-order valence-electron chi connectivity index (χ0n) is 8.59. The molecule has 1 rings (SSSR count). The van der Waals surface area contributed by atoms with Crippen molar-refractivity contribution in [2.24, 2.45) is 0 Å². The molecule has 0 saturated carbocycles. The summed E-state index contributed by atoms with van der Waals surface area (Å²) in [5.74, 6) is 1.25. The summed E-state index contributed by atoms with van der Waals surface area (Å²) in [6.07, 6.45) is 4.83. The van der Waals surface area contributed by atoms with E-state index in [2.05, 4.69) is 4.98 Å². The van der Waals surface area contributed by atoms with Gasteiger partial charge in [-0.15, -0.1) is 0 Å². The molecule has 1 heterocycles. The number of aryl methyl sites for hydroxylation is 1. The molecule has 3 heteroatoms. The van der Waals surface area contributed by atoms with Crippen LogP contribution in [0.4, 0.5) is 0 Å². The third-order valence-electron chi connectivity index (χ3n) is 1.24. The third kappa shape index (κ3) is 3.23. The van der Waals surface area contributed by atoms with Crippen LogP contribution in [0.15, 0.2) is 10.5 Å². The van der Waals surface area contributed by atoms with E-state index in [0.29, 0.717) is 17.3 Å². The summed E-state index contributed by atoms with van der Waals surface area (Å²) in [6, 6.07) is 0. The Hall–Kier alpha value is -1.38. The Morgan fingerprint density at radius 1 is 1.38 bits per heavy atom. The fourth-order valence-corrected chi connectivity index (χ4v) is 0.833. The highest BCUT2D eigenvalue weighted by atomic mass is 16.4. The summed E-state index contributed by atoms with van der Waals surface area (Å²) >= 11 is 0. The molecule has 3 nitrogen and oxygen atoms in total. The van der Waals surface area contributed by atoms with E-state index in [1.165, 1.54) is 6.21 Å². The average Bonchev–Trinajstić information content (AvgIpc) is 2.50. The van der Waals surface area contributed by atoms with Gasteiger partial charge in [-0.2, -0.15) is 0 Å². The molecule has 1 aromatic rings. The minimum absolute atomic E-state index is 0.584. The Kier molecular flexibility index (Phi) is 5.52. The van der Waals surface area contributed by atoms with Crippen LogP contribution in [0, 0.1) is 12.3 Å². The van der Waals surface area contributed by atoms with E-state index in [1.807, 2.05) is 26.8 Å². The van der Waals surface area contributed by atoms with Gasteiger partial charge in [0.1, 0.15) is 5.69 Å². The minimum atomic E-state index is 0.584. The van der Waals surface area contributed by atoms with Crippen LogP contribution < -0.4 is 0 Å². The molecule has 0 aromatic carbocycles. The second-order valence-electron chi connectivity index (χ2n) is 2.13. The van der Waals surface area contributed by atoms with E-state index < -0.39 is 0 Å². The molecule has 0 fully saturated rings. The monoisotopic (exact) mass is 180 g/mol. The van der Waals surface area contributed by atoms with E-state index in [1.54, 1.807) is 13.0 Å². The average molecular weight is 180 g/mol. The van der Waals surface area contributed by atoms with E-state index in [0.717, 1.165) is 0 Å².